The van der Waals surface area contributed by atoms with Gasteiger partial charge in [-0.3, -0.25) is 9.59 Å². The summed E-state index contributed by atoms with van der Waals surface area (Å²) in [6.45, 7) is 0. The first-order valence-electron chi connectivity index (χ1n) is 8.26. The minimum absolute atomic E-state index is 0.00112. The van der Waals surface area contributed by atoms with E-state index in [4.69, 9.17) is 4.74 Å². The van der Waals surface area contributed by atoms with Crippen molar-refractivity contribution < 1.29 is 24.2 Å². The fraction of sp³-hybridized carbons (Fsp3) is 0.0455. The molecule has 3 aromatic carbocycles. The number of phenolic OH excluding ortho intramolecular Hbond substituents is 1. The van der Waals surface area contributed by atoms with Gasteiger partial charge in [0.1, 0.15) is 11.5 Å². The number of esters is 1. The number of benzene rings is 3. The Labute approximate surface area is 155 Å². The van der Waals surface area contributed by atoms with Crippen molar-refractivity contribution in [1.82, 2.24) is 0 Å². The van der Waals surface area contributed by atoms with Crippen LogP contribution in [0.5, 0.6) is 11.5 Å². The van der Waals surface area contributed by atoms with Crippen molar-refractivity contribution in [2.45, 2.75) is 6.42 Å². The highest BCUT2D eigenvalue weighted by atomic mass is 16.5. The van der Waals surface area contributed by atoms with E-state index >= 15 is 0 Å². The van der Waals surface area contributed by atoms with E-state index in [2.05, 4.69) is 0 Å². The molecule has 0 atom stereocenters. The highest BCUT2D eigenvalue weighted by Crippen LogP contribution is 2.26. The third kappa shape index (κ3) is 4.46. The Balaban J connectivity index is 1.70. The molecule has 0 radical (unpaired) electrons. The topological polar surface area (TPSA) is 80.7 Å². The van der Waals surface area contributed by atoms with Crippen molar-refractivity contribution in [3.05, 3.63) is 95.6 Å². The summed E-state index contributed by atoms with van der Waals surface area (Å²) in [6, 6.07) is 20.8. The molecule has 5 heteroatoms. The predicted octanol–water partition coefficient (Wildman–Crippen LogP) is 4.07. The molecule has 0 fully saturated rings. The molecule has 0 aliphatic carbocycles. The molecule has 0 saturated carbocycles. The Morgan fingerprint density at radius 1 is 0.741 bits per heavy atom. The fourth-order valence-corrected chi connectivity index (χ4v) is 2.52. The van der Waals surface area contributed by atoms with E-state index in [1.165, 1.54) is 18.2 Å². The van der Waals surface area contributed by atoms with E-state index in [1.807, 2.05) is 0 Å². The van der Waals surface area contributed by atoms with Gasteiger partial charge >= 0.3 is 5.97 Å². The molecule has 0 spiro atoms. The number of Topliss-reactive ketones (excluding diaryl/α,β-unsaturated/α-hetero) is 2. The minimum atomic E-state index is -0.576. The third-order valence-corrected chi connectivity index (χ3v) is 3.91. The lowest BCUT2D eigenvalue weighted by atomic mass is 10.0. The quantitative estimate of drug-likeness (QED) is 0.310. The SMILES string of the molecule is O=C(CC(=O)c1ccc(OC(=O)c2ccccc2)cc1O)c1ccccc1. The summed E-state index contributed by atoms with van der Waals surface area (Å²) in [6.07, 6.45) is -0.360. The first-order chi connectivity index (χ1) is 13.0. The molecular weight excluding hydrogens is 344 g/mol. The van der Waals surface area contributed by atoms with E-state index < -0.39 is 11.8 Å². The Morgan fingerprint density at radius 3 is 1.93 bits per heavy atom. The van der Waals surface area contributed by atoms with Gasteiger partial charge in [0, 0.05) is 11.6 Å². The van der Waals surface area contributed by atoms with Crippen molar-refractivity contribution in [3.8, 4) is 11.5 Å². The van der Waals surface area contributed by atoms with Gasteiger partial charge in [0.2, 0.25) is 0 Å². The lowest BCUT2D eigenvalue weighted by Crippen LogP contribution is -2.10. The van der Waals surface area contributed by atoms with Gasteiger partial charge in [0.25, 0.3) is 0 Å². The number of carbonyl (C=O) groups excluding carboxylic acids is 3. The molecule has 0 heterocycles. The number of aromatic hydroxyl groups is 1. The Bertz CT molecular complexity index is 978. The van der Waals surface area contributed by atoms with E-state index in [9.17, 15) is 19.5 Å². The average Bonchev–Trinajstić information content (AvgIpc) is 2.69. The molecule has 3 rings (SSSR count). The van der Waals surface area contributed by atoms with Crippen LogP contribution in [0.4, 0.5) is 0 Å². The number of hydrogen-bond acceptors (Lipinski definition) is 5. The van der Waals surface area contributed by atoms with Gasteiger partial charge in [0.15, 0.2) is 11.6 Å². The second-order valence-corrected chi connectivity index (χ2v) is 5.82. The summed E-state index contributed by atoms with van der Waals surface area (Å²) in [7, 11) is 0. The average molecular weight is 360 g/mol. The monoisotopic (exact) mass is 360 g/mol. The number of phenols is 1. The van der Waals surface area contributed by atoms with Gasteiger partial charge < -0.3 is 9.84 Å². The lowest BCUT2D eigenvalue weighted by Gasteiger charge is -2.08. The zero-order valence-corrected chi connectivity index (χ0v) is 14.3. The maximum absolute atomic E-state index is 12.3. The lowest BCUT2D eigenvalue weighted by molar-refractivity contribution is 0.0734. The van der Waals surface area contributed by atoms with Crippen LogP contribution in [-0.4, -0.2) is 22.6 Å². The van der Waals surface area contributed by atoms with Crippen molar-refractivity contribution in [2.24, 2.45) is 0 Å². The molecule has 0 unspecified atom stereocenters. The smallest absolute Gasteiger partial charge is 0.343 e. The summed E-state index contributed by atoms with van der Waals surface area (Å²) in [5.74, 6) is -1.67. The van der Waals surface area contributed by atoms with Gasteiger partial charge in [-0.1, -0.05) is 48.5 Å². The highest BCUT2D eigenvalue weighted by Gasteiger charge is 2.18. The number of rotatable bonds is 6. The molecule has 1 N–H and O–H groups in total. The number of carbonyl (C=O) groups is 3. The van der Waals surface area contributed by atoms with Crippen molar-refractivity contribution in [1.29, 1.82) is 0 Å². The van der Waals surface area contributed by atoms with E-state index in [1.54, 1.807) is 60.7 Å². The minimum Gasteiger partial charge on any atom is -0.507 e. The van der Waals surface area contributed by atoms with Gasteiger partial charge in [-0.25, -0.2) is 4.79 Å². The van der Waals surface area contributed by atoms with Crippen molar-refractivity contribution in [3.63, 3.8) is 0 Å². The summed E-state index contributed by atoms with van der Waals surface area (Å²) >= 11 is 0. The second kappa shape index (κ2) is 8.10. The molecule has 0 amide bonds. The van der Waals surface area contributed by atoms with E-state index in [0.29, 0.717) is 11.1 Å². The molecule has 0 saturated heterocycles. The standard InChI is InChI=1S/C22H16O5/c23-19(15-7-3-1-4-8-15)14-21(25)18-12-11-17(13-20(18)24)27-22(26)16-9-5-2-6-10-16/h1-13,24H,14H2. The first-order valence-corrected chi connectivity index (χ1v) is 8.26. The maximum atomic E-state index is 12.3. The summed E-state index contributed by atoms with van der Waals surface area (Å²) in [5.41, 5.74) is 0.795. The van der Waals surface area contributed by atoms with E-state index in [-0.39, 0.29) is 29.3 Å². The van der Waals surface area contributed by atoms with Crippen LogP contribution >= 0.6 is 0 Å². The van der Waals surface area contributed by atoms with Crippen LogP contribution in [0.2, 0.25) is 0 Å². The van der Waals surface area contributed by atoms with Crippen LogP contribution in [0.1, 0.15) is 37.5 Å². The first kappa shape index (κ1) is 18.1. The predicted molar refractivity (Wildman–Crippen MR) is 99.2 cm³/mol. The second-order valence-electron chi connectivity index (χ2n) is 5.82. The molecule has 0 bridgehead atoms. The third-order valence-electron chi connectivity index (χ3n) is 3.91. The summed E-state index contributed by atoms with van der Waals surface area (Å²) < 4.78 is 5.19. The van der Waals surface area contributed by atoms with Crippen molar-refractivity contribution in [2.75, 3.05) is 0 Å². The molecule has 0 aromatic heterocycles. The molecule has 134 valence electrons. The van der Waals surface area contributed by atoms with Crippen LogP contribution in [0.15, 0.2) is 78.9 Å². The largest absolute Gasteiger partial charge is 0.507 e. The molecule has 5 nitrogen and oxygen atoms in total. The van der Waals surface area contributed by atoms with Crippen LogP contribution in [0.3, 0.4) is 0 Å². The van der Waals surface area contributed by atoms with E-state index in [0.717, 1.165) is 0 Å². The van der Waals surface area contributed by atoms with Gasteiger partial charge in [-0.05, 0) is 24.3 Å². The normalized spacial score (nSPS) is 10.2. The molecule has 3 aromatic rings. The molecule has 27 heavy (non-hydrogen) atoms. The Kier molecular flexibility index (Phi) is 5.42. The van der Waals surface area contributed by atoms with Crippen LogP contribution in [0, 0.1) is 0 Å². The highest BCUT2D eigenvalue weighted by molar-refractivity contribution is 6.14. The number of hydrogen-bond donors (Lipinski definition) is 1. The molecule has 0 aliphatic heterocycles. The molecular formula is C22H16O5. The Hall–Kier alpha value is -3.73. The molecule has 0 aliphatic rings. The van der Waals surface area contributed by atoms with Crippen LogP contribution in [-0.2, 0) is 0 Å². The van der Waals surface area contributed by atoms with Gasteiger partial charge in [-0.2, -0.15) is 0 Å². The van der Waals surface area contributed by atoms with Crippen LogP contribution < -0.4 is 4.74 Å². The van der Waals surface area contributed by atoms with Crippen LogP contribution in [0.25, 0.3) is 0 Å². The summed E-state index contributed by atoms with van der Waals surface area (Å²) in [4.78, 5) is 36.5. The van der Waals surface area contributed by atoms with Gasteiger partial charge in [-0.15, -0.1) is 0 Å². The zero-order chi connectivity index (χ0) is 19.2. The van der Waals surface area contributed by atoms with Gasteiger partial charge in [0.05, 0.1) is 17.5 Å². The summed E-state index contributed by atoms with van der Waals surface area (Å²) in [5, 5.41) is 10.1. The maximum Gasteiger partial charge on any atom is 0.343 e. The Morgan fingerprint density at radius 2 is 1.33 bits per heavy atom. The zero-order valence-electron chi connectivity index (χ0n) is 14.3. The number of ether oxygens (including phenoxy) is 1. The number of ketones is 2. The van der Waals surface area contributed by atoms with Crippen molar-refractivity contribution >= 4 is 17.5 Å². The fourth-order valence-electron chi connectivity index (χ4n) is 2.52.